The molecule has 1 heterocycles. The maximum Gasteiger partial charge on any atom is 0.262 e. The molecule has 0 radical (unpaired) electrons. The van der Waals surface area contributed by atoms with Crippen LogP contribution < -0.4 is 21.1 Å². The average molecular weight is 348 g/mol. The van der Waals surface area contributed by atoms with Crippen LogP contribution in [0, 0.1) is 6.92 Å². The molecule has 0 saturated heterocycles. The number of ether oxygens (including phenoxy) is 1. The number of nitrogen functional groups attached to an aromatic ring is 1. The fourth-order valence-electron chi connectivity index (χ4n) is 2.16. The molecule has 0 unspecified atom stereocenters. The van der Waals surface area contributed by atoms with E-state index >= 15 is 0 Å². The van der Waals surface area contributed by atoms with Crippen molar-refractivity contribution in [1.82, 2.24) is 0 Å². The van der Waals surface area contributed by atoms with Crippen LogP contribution >= 0.6 is 15.9 Å². The van der Waals surface area contributed by atoms with Crippen molar-refractivity contribution in [1.29, 1.82) is 0 Å². The van der Waals surface area contributed by atoms with Gasteiger partial charge in [0.1, 0.15) is 5.75 Å². The Morgan fingerprint density at radius 2 is 2.10 bits per heavy atom. The molecule has 2 aromatic carbocycles. The van der Waals surface area contributed by atoms with Gasteiger partial charge in [0.2, 0.25) is 0 Å². The van der Waals surface area contributed by atoms with Crippen LogP contribution in [-0.2, 0) is 4.79 Å². The van der Waals surface area contributed by atoms with Crippen LogP contribution in [0.1, 0.15) is 5.56 Å². The van der Waals surface area contributed by atoms with E-state index in [2.05, 4.69) is 26.6 Å². The second-order valence-corrected chi connectivity index (χ2v) is 5.77. The minimum atomic E-state index is -0.168. The van der Waals surface area contributed by atoms with E-state index in [4.69, 9.17) is 10.5 Å². The molecule has 1 amide bonds. The Morgan fingerprint density at radius 3 is 2.86 bits per heavy atom. The van der Waals surface area contributed by atoms with Gasteiger partial charge in [-0.05, 0) is 36.8 Å². The molecule has 0 spiro atoms. The minimum Gasteiger partial charge on any atom is -0.482 e. The van der Waals surface area contributed by atoms with Crippen LogP contribution in [0.3, 0.4) is 0 Å². The maximum absolute atomic E-state index is 11.4. The van der Waals surface area contributed by atoms with Crippen LogP contribution in [0.5, 0.6) is 5.75 Å². The van der Waals surface area contributed by atoms with Crippen molar-refractivity contribution in [3.05, 3.63) is 40.4 Å². The molecule has 6 heteroatoms. The first-order valence-electron chi connectivity index (χ1n) is 6.42. The van der Waals surface area contributed by atoms with Gasteiger partial charge < -0.3 is 21.1 Å². The number of anilines is 4. The summed E-state index contributed by atoms with van der Waals surface area (Å²) in [7, 11) is 0. The zero-order valence-electron chi connectivity index (χ0n) is 11.4. The first-order chi connectivity index (χ1) is 10.0. The Labute approximate surface area is 130 Å². The van der Waals surface area contributed by atoms with Crippen LogP contribution in [-0.4, -0.2) is 12.5 Å². The number of rotatable bonds is 2. The maximum atomic E-state index is 11.4. The Bertz CT molecular complexity index is 731. The number of hydrogen-bond donors (Lipinski definition) is 3. The first-order valence-corrected chi connectivity index (χ1v) is 7.21. The molecule has 0 saturated carbocycles. The third kappa shape index (κ3) is 2.80. The summed E-state index contributed by atoms with van der Waals surface area (Å²) in [6.45, 7) is 2.03. The molecule has 21 heavy (non-hydrogen) atoms. The van der Waals surface area contributed by atoms with Gasteiger partial charge in [0, 0.05) is 16.2 Å². The molecule has 0 aliphatic carbocycles. The second kappa shape index (κ2) is 5.29. The van der Waals surface area contributed by atoms with Crippen molar-refractivity contribution in [2.45, 2.75) is 6.92 Å². The Hall–Kier alpha value is -2.21. The van der Waals surface area contributed by atoms with Crippen molar-refractivity contribution < 1.29 is 9.53 Å². The van der Waals surface area contributed by atoms with Gasteiger partial charge in [0.25, 0.3) is 5.91 Å². The SMILES string of the molecule is Cc1cc(Br)ccc1Nc1cc2c(cc1N)OCC(=O)N2. The number of carbonyl (C=O) groups is 1. The number of fused-ring (bicyclic) bond motifs is 1. The quantitative estimate of drug-likeness (QED) is 0.727. The largest absolute Gasteiger partial charge is 0.482 e. The first kappa shape index (κ1) is 13.8. The predicted molar refractivity (Wildman–Crippen MR) is 87.1 cm³/mol. The topological polar surface area (TPSA) is 76.4 Å². The van der Waals surface area contributed by atoms with Crippen molar-refractivity contribution in [3.63, 3.8) is 0 Å². The van der Waals surface area contributed by atoms with Crippen LogP contribution in [0.25, 0.3) is 0 Å². The molecule has 0 bridgehead atoms. The van der Waals surface area contributed by atoms with E-state index < -0.39 is 0 Å². The lowest BCUT2D eigenvalue weighted by atomic mass is 10.1. The number of nitrogens with one attached hydrogen (secondary N) is 2. The molecule has 108 valence electrons. The third-order valence-electron chi connectivity index (χ3n) is 3.24. The van der Waals surface area contributed by atoms with E-state index in [-0.39, 0.29) is 12.5 Å². The van der Waals surface area contributed by atoms with Crippen LogP contribution in [0.15, 0.2) is 34.8 Å². The Kier molecular flexibility index (Phi) is 3.47. The lowest BCUT2D eigenvalue weighted by Gasteiger charge is -2.20. The lowest BCUT2D eigenvalue weighted by molar-refractivity contribution is -0.118. The van der Waals surface area contributed by atoms with Gasteiger partial charge in [-0.15, -0.1) is 0 Å². The van der Waals surface area contributed by atoms with Gasteiger partial charge in [0.15, 0.2) is 6.61 Å². The number of halogens is 1. The highest BCUT2D eigenvalue weighted by Gasteiger charge is 2.18. The summed E-state index contributed by atoms with van der Waals surface area (Å²) in [6.07, 6.45) is 0. The molecule has 5 nitrogen and oxygen atoms in total. The van der Waals surface area contributed by atoms with Gasteiger partial charge >= 0.3 is 0 Å². The van der Waals surface area contributed by atoms with E-state index in [0.29, 0.717) is 17.1 Å². The highest BCUT2D eigenvalue weighted by molar-refractivity contribution is 9.10. The van der Waals surface area contributed by atoms with Crippen LogP contribution in [0.4, 0.5) is 22.7 Å². The van der Waals surface area contributed by atoms with E-state index in [0.717, 1.165) is 21.4 Å². The lowest BCUT2D eigenvalue weighted by Crippen LogP contribution is -2.25. The summed E-state index contributed by atoms with van der Waals surface area (Å²) < 4.78 is 6.35. The van der Waals surface area contributed by atoms with Gasteiger partial charge in [-0.25, -0.2) is 0 Å². The van der Waals surface area contributed by atoms with Gasteiger partial charge in [-0.2, -0.15) is 0 Å². The standard InChI is InChI=1S/C15H14BrN3O2/c1-8-4-9(16)2-3-11(8)18-12-6-13-14(5-10(12)17)21-7-15(20)19-13/h2-6,18H,7,17H2,1H3,(H,19,20). The minimum absolute atomic E-state index is 0.0189. The zero-order valence-corrected chi connectivity index (χ0v) is 13.0. The number of amides is 1. The summed E-state index contributed by atoms with van der Waals surface area (Å²) in [5, 5.41) is 6.05. The van der Waals surface area contributed by atoms with Crippen molar-refractivity contribution in [3.8, 4) is 5.75 Å². The summed E-state index contributed by atoms with van der Waals surface area (Å²) in [5.41, 5.74) is 9.99. The number of carbonyl (C=O) groups excluding carboxylic acids is 1. The van der Waals surface area contributed by atoms with Crippen molar-refractivity contribution in [2.75, 3.05) is 23.0 Å². The summed E-state index contributed by atoms with van der Waals surface area (Å²) >= 11 is 3.44. The Morgan fingerprint density at radius 1 is 1.29 bits per heavy atom. The molecule has 1 aliphatic rings. The van der Waals surface area contributed by atoms with Gasteiger partial charge in [-0.3, -0.25) is 4.79 Å². The smallest absolute Gasteiger partial charge is 0.262 e. The summed E-state index contributed by atoms with van der Waals surface area (Å²) in [4.78, 5) is 11.4. The molecular weight excluding hydrogens is 334 g/mol. The highest BCUT2D eigenvalue weighted by Crippen LogP contribution is 2.37. The van der Waals surface area contributed by atoms with E-state index in [9.17, 15) is 4.79 Å². The number of aryl methyl sites for hydroxylation is 1. The molecule has 0 atom stereocenters. The number of hydrogen-bond acceptors (Lipinski definition) is 4. The average Bonchev–Trinajstić information content (AvgIpc) is 2.43. The summed E-state index contributed by atoms with van der Waals surface area (Å²) in [5.74, 6) is 0.420. The second-order valence-electron chi connectivity index (χ2n) is 4.86. The molecule has 1 aliphatic heterocycles. The van der Waals surface area contributed by atoms with E-state index in [1.807, 2.05) is 25.1 Å². The van der Waals surface area contributed by atoms with E-state index in [1.54, 1.807) is 12.1 Å². The molecule has 3 rings (SSSR count). The zero-order chi connectivity index (χ0) is 15.0. The molecule has 0 aromatic heterocycles. The highest BCUT2D eigenvalue weighted by atomic mass is 79.9. The normalized spacial score (nSPS) is 13.1. The Balaban J connectivity index is 1.95. The van der Waals surface area contributed by atoms with Gasteiger partial charge in [-0.1, -0.05) is 15.9 Å². The van der Waals surface area contributed by atoms with Crippen molar-refractivity contribution >= 4 is 44.6 Å². The fourth-order valence-corrected chi connectivity index (χ4v) is 2.64. The number of nitrogens with two attached hydrogens (primary N) is 1. The fraction of sp³-hybridized carbons (Fsp3) is 0.133. The third-order valence-corrected chi connectivity index (χ3v) is 3.74. The summed E-state index contributed by atoms with van der Waals surface area (Å²) in [6, 6.07) is 9.43. The predicted octanol–water partition coefficient (Wildman–Crippen LogP) is 3.41. The number of benzene rings is 2. The molecule has 2 aromatic rings. The molecule has 0 fully saturated rings. The monoisotopic (exact) mass is 347 g/mol. The van der Waals surface area contributed by atoms with Crippen molar-refractivity contribution in [2.24, 2.45) is 0 Å². The van der Waals surface area contributed by atoms with E-state index in [1.165, 1.54) is 0 Å². The molecule has 4 N–H and O–H groups in total. The van der Waals surface area contributed by atoms with Crippen LogP contribution in [0.2, 0.25) is 0 Å². The van der Waals surface area contributed by atoms with Gasteiger partial charge in [0.05, 0.1) is 17.1 Å². The molecular formula is C15H14BrN3O2.